The minimum absolute atomic E-state index is 0. The molecule has 1 aromatic heterocycles. The summed E-state index contributed by atoms with van der Waals surface area (Å²) >= 11 is 5.75. The number of pyridine rings is 1. The topological polar surface area (TPSA) is 68.4 Å². The lowest BCUT2D eigenvalue weighted by atomic mass is 10.1. The van der Waals surface area contributed by atoms with Crippen LogP contribution in [0.2, 0.25) is 5.02 Å². The number of piperidine rings is 1. The Kier molecular flexibility index (Phi) is 8.29. The number of nitrogens with zero attached hydrogens (tertiary/aromatic N) is 2. The van der Waals surface area contributed by atoms with Crippen LogP contribution >= 0.6 is 36.4 Å². The van der Waals surface area contributed by atoms with Gasteiger partial charge in [-0.3, -0.25) is 4.98 Å². The van der Waals surface area contributed by atoms with Crippen LogP contribution in [-0.4, -0.2) is 35.1 Å². The zero-order valence-corrected chi connectivity index (χ0v) is 12.5. The maximum absolute atomic E-state index is 11.8. The van der Waals surface area contributed by atoms with Crippen LogP contribution in [0.5, 0.6) is 0 Å². The number of hydrogen-bond acceptors (Lipinski definition) is 5. The molecule has 5 nitrogen and oxygen atoms in total. The van der Waals surface area contributed by atoms with Crippen molar-refractivity contribution in [2.24, 2.45) is 5.73 Å². The number of hydrogen-bond donors (Lipinski definition) is 1. The summed E-state index contributed by atoms with van der Waals surface area (Å²) < 4.78 is 0. The van der Waals surface area contributed by atoms with Crippen molar-refractivity contribution < 1.29 is 9.63 Å². The smallest absolute Gasteiger partial charge is 0.358 e. The fraction of sp³-hybridized carbons (Fsp3) is 0.455. The van der Waals surface area contributed by atoms with Crippen LogP contribution in [0.1, 0.15) is 23.2 Å². The van der Waals surface area contributed by atoms with Crippen LogP contribution in [0.3, 0.4) is 0 Å². The molecule has 0 unspecified atom stereocenters. The molecular weight excluding hydrogens is 312 g/mol. The number of rotatable bonds is 2. The molecule has 1 aromatic rings. The van der Waals surface area contributed by atoms with E-state index in [4.69, 9.17) is 22.2 Å². The largest absolute Gasteiger partial charge is 0.364 e. The van der Waals surface area contributed by atoms with E-state index in [1.807, 2.05) is 0 Å². The summed E-state index contributed by atoms with van der Waals surface area (Å²) in [7, 11) is 0. The molecule has 1 aliphatic heterocycles. The predicted octanol–water partition coefficient (Wildman–Crippen LogP) is 2.07. The molecule has 0 spiro atoms. The number of hydroxylamine groups is 2. The minimum Gasteiger partial charge on any atom is -0.364 e. The lowest BCUT2D eigenvalue weighted by Crippen LogP contribution is -2.40. The molecule has 108 valence electrons. The molecule has 1 aliphatic rings. The van der Waals surface area contributed by atoms with Crippen molar-refractivity contribution in [3.8, 4) is 0 Å². The van der Waals surface area contributed by atoms with Gasteiger partial charge < -0.3 is 10.6 Å². The number of carbonyl (C=O) groups is 1. The van der Waals surface area contributed by atoms with Crippen molar-refractivity contribution in [3.05, 3.63) is 29.0 Å². The zero-order valence-electron chi connectivity index (χ0n) is 10.1. The van der Waals surface area contributed by atoms with E-state index >= 15 is 0 Å². The lowest BCUT2D eigenvalue weighted by molar-refractivity contribution is -0.121. The lowest BCUT2D eigenvalue weighted by Gasteiger charge is -2.28. The van der Waals surface area contributed by atoms with Gasteiger partial charge in [0, 0.05) is 31.5 Å². The molecule has 1 saturated heterocycles. The van der Waals surface area contributed by atoms with E-state index in [1.54, 1.807) is 5.06 Å². The summed E-state index contributed by atoms with van der Waals surface area (Å²) in [6.45, 7) is 1.34. The third kappa shape index (κ3) is 5.50. The molecule has 8 heteroatoms. The van der Waals surface area contributed by atoms with E-state index in [9.17, 15) is 4.79 Å². The van der Waals surface area contributed by atoms with E-state index in [0.29, 0.717) is 23.7 Å². The van der Waals surface area contributed by atoms with Crippen molar-refractivity contribution in [2.75, 3.05) is 13.1 Å². The minimum atomic E-state index is -0.435. The Balaban J connectivity index is 0.00000162. The van der Waals surface area contributed by atoms with E-state index in [2.05, 4.69) is 4.98 Å². The van der Waals surface area contributed by atoms with Crippen molar-refractivity contribution in [1.29, 1.82) is 0 Å². The van der Waals surface area contributed by atoms with Crippen LogP contribution in [0.15, 0.2) is 18.5 Å². The molecule has 2 rings (SSSR count). The summed E-state index contributed by atoms with van der Waals surface area (Å²) in [6.07, 6.45) is 4.57. The summed E-state index contributed by atoms with van der Waals surface area (Å²) in [5.74, 6) is -0.435. The highest BCUT2D eigenvalue weighted by Crippen LogP contribution is 2.13. The van der Waals surface area contributed by atoms with Gasteiger partial charge in [0.25, 0.3) is 0 Å². The van der Waals surface area contributed by atoms with Crippen LogP contribution < -0.4 is 5.73 Å². The van der Waals surface area contributed by atoms with Gasteiger partial charge >= 0.3 is 5.97 Å². The average Bonchev–Trinajstić information content (AvgIpc) is 2.32. The Morgan fingerprint density at radius 3 is 2.58 bits per heavy atom. The van der Waals surface area contributed by atoms with Crippen LogP contribution in [0, 0.1) is 0 Å². The van der Waals surface area contributed by atoms with Gasteiger partial charge in [-0.1, -0.05) is 11.6 Å². The van der Waals surface area contributed by atoms with E-state index in [-0.39, 0.29) is 30.9 Å². The molecule has 0 aliphatic carbocycles. The van der Waals surface area contributed by atoms with Gasteiger partial charge in [-0.25, -0.2) is 4.79 Å². The third-order valence-corrected chi connectivity index (χ3v) is 2.86. The highest BCUT2D eigenvalue weighted by Gasteiger charge is 2.20. The Bertz CT molecular complexity index is 412. The molecule has 0 bridgehead atoms. The molecular formula is C11H16Cl3N3O2. The third-order valence-electron chi connectivity index (χ3n) is 2.65. The molecule has 0 saturated carbocycles. The van der Waals surface area contributed by atoms with Gasteiger partial charge in [0.1, 0.15) is 0 Å². The maximum atomic E-state index is 11.8. The number of halogens is 3. The van der Waals surface area contributed by atoms with Gasteiger partial charge in [-0.2, -0.15) is 0 Å². The predicted molar refractivity (Wildman–Crippen MR) is 77.9 cm³/mol. The SMILES string of the molecule is Cl.Cl.NC1CCN(OC(=O)c2cncc(Cl)c2)CC1. The summed E-state index contributed by atoms with van der Waals surface area (Å²) in [5.41, 5.74) is 6.12. The standard InChI is InChI=1S/C11H14ClN3O2.2ClH/c12-9-5-8(6-14-7-9)11(16)17-15-3-1-10(13)2-4-15;;/h5-7,10H,1-4,13H2;2*1H. The van der Waals surface area contributed by atoms with Crippen molar-refractivity contribution in [3.63, 3.8) is 0 Å². The Labute approximate surface area is 129 Å². The molecule has 19 heavy (non-hydrogen) atoms. The highest BCUT2D eigenvalue weighted by atomic mass is 35.5. The number of nitrogens with two attached hydrogens (primary N) is 1. The normalized spacial score (nSPS) is 16.1. The number of aromatic nitrogens is 1. The second-order valence-electron chi connectivity index (χ2n) is 4.04. The first-order chi connectivity index (χ1) is 8.15. The second kappa shape index (κ2) is 8.55. The molecule has 2 heterocycles. The van der Waals surface area contributed by atoms with Gasteiger partial charge in [0.15, 0.2) is 0 Å². The maximum Gasteiger partial charge on any atom is 0.358 e. The fourth-order valence-corrected chi connectivity index (χ4v) is 1.83. The number of carbonyl (C=O) groups excluding carboxylic acids is 1. The van der Waals surface area contributed by atoms with Crippen LogP contribution in [0.25, 0.3) is 0 Å². The summed E-state index contributed by atoms with van der Waals surface area (Å²) in [5, 5.41) is 2.05. The summed E-state index contributed by atoms with van der Waals surface area (Å²) in [4.78, 5) is 20.8. The first kappa shape index (κ1) is 18.4. The van der Waals surface area contributed by atoms with Gasteiger partial charge in [0.2, 0.25) is 0 Å². The van der Waals surface area contributed by atoms with Gasteiger partial charge in [-0.05, 0) is 18.9 Å². The van der Waals surface area contributed by atoms with Gasteiger partial charge in [0.05, 0.1) is 10.6 Å². The molecule has 2 N–H and O–H groups in total. The second-order valence-corrected chi connectivity index (χ2v) is 4.47. The van der Waals surface area contributed by atoms with Crippen LogP contribution in [-0.2, 0) is 4.84 Å². The summed E-state index contributed by atoms with van der Waals surface area (Å²) in [6, 6.07) is 1.74. The van der Waals surface area contributed by atoms with Crippen molar-refractivity contribution in [1.82, 2.24) is 10.0 Å². The zero-order chi connectivity index (χ0) is 12.3. The van der Waals surface area contributed by atoms with E-state index in [0.717, 1.165) is 12.8 Å². The molecule has 1 fully saturated rings. The average molecular weight is 329 g/mol. The first-order valence-corrected chi connectivity index (χ1v) is 5.86. The van der Waals surface area contributed by atoms with Crippen molar-refractivity contribution in [2.45, 2.75) is 18.9 Å². The monoisotopic (exact) mass is 327 g/mol. The Morgan fingerprint density at radius 2 is 2.00 bits per heavy atom. The molecule has 0 amide bonds. The van der Waals surface area contributed by atoms with Crippen molar-refractivity contribution >= 4 is 42.4 Å². The molecule has 0 aromatic carbocycles. The Morgan fingerprint density at radius 1 is 1.37 bits per heavy atom. The fourth-order valence-electron chi connectivity index (χ4n) is 1.66. The molecule has 0 atom stereocenters. The van der Waals surface area contributed by atoms with Gasteiger partial charge in [-0.15, -0.1) is 29.9 Å². The highest BCUT2D eigenvalue weighted by molar-refractivity contribution is 6.30. The van der Waals surface area contributed by atoms with Crippen LogP contribution in [0.4, 0.5) is 0 Å². The molecule has 0 radical (unpaired) electrons. The first-order valence-electron chi connectivity index (χ1n) is 5.48. The van der Waals surface area contributed by atoms with E-state index in [1.165, 1.54) is 18.5 Å². The van der Waals surface area contributed by atoms with E-state index < -0.39 is 5.97 Å². The Hall–Kier alpha value is -0.590. The quantitative estimate of drug-likeness (QED) is 0.900.